The van der Waals surface area contributed by atoms with E-state index < -0.39 is 5.82 Å². The molecular formula is C14H11FN2OS. The summed E-state index contributed by atoms with van der Waals surface area (Å²) in [5, 5.41) is 13.2. The van der Waals surface area contributed by atoms with Gasteiger partial charge < -0.3 is 5.32 Å². The molecule has 1 aromatic carbocycles. The number of nitrogens with one attached hydrogen (secondary N) is 1. The van der Waals surface area contributed by atoms with Gasteiger partial charge in [-0.1, -0.05) is 6.07 Å². The van der Waals surface area contributed by atoms with Crippen molar-refractivity contribution in [2.24, 2.45) is 0 Å². The van der Waals surface area contributed by atoms with Crippen molar-refractivity contribution >= 4 is 17.2 Å². The maximum absolute atomic E-state index is 13.6. The molecule has 1 heterocycles. The number of rotatable bonds is 3. The van der Waals surface area contributed by atoms with E-state index in [1.54, 1.807) is 0 Å². The molecular weight excluding hydrogens is 263 g/mol. The number of carbonyl (C=O) groups excluding carboxylic acids is 1. The average Bonchev–Trinajstić information content (AvgIpc) is 2.83. The second-order valence-corrected chi connectivity index (χ2v) is 4.95. The van der Waals surface area contributed by atoms with E-state index in [0.717, 1.165) is 11.6 Å². The maximum Gasteiger partial charge on any atom is 0.261 e. The van der Waals surface area contributed by atoms with Crippen LogP contribution in [0.1, 0.15) is 26.4 Å². The lowest BCUT2D eigenvalue weighted by molar-refractivity contribution is 0.0954. The summed E-state index contributed by atoms with van der Waals surface area (Å²) >= 11 is 1.35. The smallest absolute Gasteiger partial charge is 0.261 e. The second-order valence-electron chi connectivity index (χ2n) is 4.03. The number of amides is 1. The summed E-state index contributed by atoms with van der Waals surface area (Å²) in [6.45, 7) is 1.96. The van der Waals surface area contributed by atoms with Gasteiger partial charge in [0, 0.05) is 12.1 Å². The van der Waals surface area contributed by atoms with Crippen LogP contribution in [0, 0.1) is 24.1 Å². The molecule has 0 unspecified atom stereocenters. The highest BCUT2D eigenvalue weighted by atomic mass is 32.1. The molecule has 0 spiro atoms. The zero-order chi connectivity index (χ0) is 13.8. The number of hydrogen-bond donors (Lipinski definition) is 1. The van der Waals surface area contributed by atoms with Crippen molar-refractivity contribution in [1.82, 2.24) is 5.32 Å². The number of nitriles is 1. The summed E-state index contributed by atoms with van der Waals surface area (Å²) in [7, 11) is 0. The Labute approximate surface area is 114 Å². The molecule has 1 amide bonds. The number of aryl methyl sites for hydroxylation is 1. The van der Waals surface area contributed by atoms with Crippen LogP contribution in [0.3, 0.4) is 0 Å². The Morgan fingerprint density at radius 1 is 1.47 bits per heavy atom. The van der Waals surface area contributed by atoms with Gasteiger partial charge in [0.05, 0.1) is 16.5 Å². The molecule has 0 radical (unpaired) electrons. The lowest BCUT2D eigenvalue weighted by Gasteiger charge is -2.06. The van der Waals surface area contributed by atoms with Crippen molar-refractivity contribution in [3.8, 4) is 6.07 Å². The molecule has 2 rings (SSSR count). The highest BCUT2D eigenvalue weighted by molar-refractivity contribution is 7.12. The molecule has 0 bridgehead atoms. The highest BCUT2D eigenvalue weighted by Gasteiger charge is 2.11. The summed E-state index contributed by atoms with van der Waals surface area (Å²) in [5.41, 5.74) is 1.53. The van der Waals surface area contributed by atoms with Crippen molar-refractivity contribution in [3.05, 3.63) is 57.0 Å². The van der Waals surface area contributed by atoms with Crippen LogP contribution in [0.4, 0.5) is 4.39 Å². The van der Waals surface area contributed by atoms with Gasteiger partial charge in [-0.15, -0.1) is 11.3 Å². The Kier molecular flexibility index (Phi) is 3.93. The summed E-state index contributed by atoms with van der Waals surface area (Å²) in [6, 6.07) is 7.93. The number of thiophene rings is 1. The van der Waals surface area contributed by atoms with Crippen molar-refractivity contribution in [2.45, 2.75) is 13.5 Å². The molecule has 0 aliphatic rings. The van der Waals surface area contributed by atoms with Crippen molar-refractivity contribution < 1.29 is 9.18 Å². The van der Waals surface area contributed by atoms with Crippen LogP contribution in [0.5, 0.6) is 0 Å². The molecule has 1 aromatic heterocycles. The van der Waals surface area contributed by atoms with E-state index in [-0.39, 0.29) is 18.0 Å². The van der Waals surface area contributed by atoms with E-state index in [9.17, 15) is 9.18 Å². The van der Waals surface area contributed by atoms with E-state index in [1.807, 2.05) is 24.4 Å². The molecule has 0 saturated carbocycles. The van der Waals surface area contributed by atoms with Gasteiger partial charge in [0.1, 0.15) is 5.82 Å². The first-order valence-electron chi connectivity index (χ1n) is 5.62. The molecule has 0 saturated heterocycles. The third kappa shape index (κ3) is 2.98. The zero-order valence-corrected chi connectivity index (χ0v) is 11.1. The molecule has 19 heavy (non-hydrogen) atoms. The van der Waals surface area contributed by atoms with Gasteiger partial charge in [0.25, 0.3) is 5.91 Å². The van der Waals surface area contributed by atoms with Crippen LogP contribution in [0.25, 0.3) is 0 Å². The lowest BCUT2D eigenvalue weighted by atomic mass is 10.1. The summed E-state index contributed by atoms with van der Waals surface area (Å²) in [6.07, 6.45) is 0. The molecule has 0 aliphatic carbocycles. The first-order valence-corrected chi connectivity index (χ1v) is 6.50. The largest absolute Gasteiger partial charge is 0.347 e. The average molecular weight is 274 g/mol. The Balaban J connectivity index is 2.06. The summed E-state index contributed by atoms with van der Waals surface area (Å²) in [5.74, 6) is -0.696. The van der Waals surface area contributed by atoms with E-state index in [1.165, 1.54) is 23.5 Å². The fourth-order valence-electron chi connectivity index (χ4n) is 1.62. The van der Waals surface area contributed by atoms with E-state index in [0.29, 0.717) is 10.4 Å². The van der Waals surface area contributed by atoms with Crippen LogP contribution >= 0.6 is 11.3 Å². The van der Waals surface area contributed by atoms with Crippen LogP contribution in [-0.4, -0.2) is 5.91 Å². The van der Waals surface area contributed by atoms with Gasteiger partial charge in [-0.05, 0) is 36.1 Å². The minimum Gasteiger partial charge on any atom is -0.347 e. The number of halogens is 1. The van der Waals surface area contributed by atoms with E-state index in [2.05, 4.69) is 5.32 Å². The summed E-state index contributed by atoms with van der Waals surface area (Å²) in [4.78, 5) is 12.5. The molecule has 2 aromatic rings. The van der Waals surface area contributed by atoms with Crippen molar-refractivity contribution in [3.63, 3.8) is 0 Å². The molecule has 0 fully saturated rings. The van der Waals surface area contributed by atoms with Gasteiger partial charge >= 0.3 is 0 Å². The van der Waals surface area contributed by atoms with Crippen LogP contribution in [0.2, 0.25) is 0 Å². The second kappa shape index (κ2) is 5.63. The molecule has 0 atom stereocenters. The van der Waals surface area contributed by atoms with E-state index in [4.69, 9.17) is 5.26 Å². The van der Waals surface area contributed by atoms with Crippen LogP contribution in [0.15, 0.2) is 29.6 Å². The van der Waals surface area contributed by atoms with Crippen molar-refractivity contribution in [1.29, 1.82) is 5.26 Å². The Hall–Kier alpha value is -2.19. The third-order valence-corrected chi connectivity index (χ3v) is 3.71. The Morgan fingerprint density at radius 2 is 2.26 bits per heavy atom. The monoisotopic (exact) mass is 274 g/mol. The number of benzene rings is 1. The van der Waals surface area contributed by atoms with Gasteiger partial charge in [-0.25, -0.2) is 4.39 Å². The molecule has 5 heteroatoms. The molecule has 96 valence electrons. The molecule has 1 N–H and O–H groups in total. The molecule has 0 aliphatic heterocycles. The van der Waals surface area contributed by atoms with Crippen LogP contribution in [-0.2, 0) is 6.54 Å². The Bertz CT molecular complexity index is 658. The highest BCUT2D eigenvalue weighted by Crippen LogP contribution is 2.16. The van der Waals surface area contributed by atoms with Gasteiger partial charge in [-0.3, -0.25) is 4.79 Å². The normalized spacial score (nSPS) is 9.95. The quantitative estimate of drug-likeness (QED) is 0.935. The lowest BCUT2D eigenvalue weighted by Crippen LogP contribution is -2.23. The van der Waals surface area contributed by atoms with Crippen LogP contribution < -0.4 is 5.32 Å². The predicted molar refractivity (Wildman–Crippen MR) is 71.3 cm³/mol. The fourth-order valence-corrected chi connectivity index (χ4v) is 2.46. The first-order chi connectivity index (χ1) is 9.11. The van der Waals surface area contributed by atoms with E-state index >= 15 is 0 Å². The van der Waals surface area contributed by atoms with Gasteiger partial charge in [0.15, 0.2) is 0 Å². The number of hydrogen-bond acceptors (Lipinski definition) is 3. The Morgan fingerprint density at radius 3 is 2.84 bits per heavy atom. The maximum atomic E-state index is 13.6. The third-order valence-electron chi connectivity index (χ3n) is 2.69. The topological polar surface area (TPSA) is 52.9 Å². The SMILES string of the molecule is Cc1ccsc1C(=O)NCc1ccc(C#N)cc1F. The van der Waals surface area contributed by atoms with Gasteiger partial charge in [0.2, 0.25) is 0 Å². The summed E-state index contributed by atoms with van der Waals surface area (Å²) < 4.78 is 13.6. The number of carbonyl (C=O) groups is 1. The number of nitrogens with zero attached hydrogens (tertiary/aromatic N) is 1. The van der Waals surface area contributed by atoms with Gasteiger partial charge in [-0.2, -0.15) is 5.26 Å². The first kappa shape index (κ1) is 13.2. The van der Waals surface area contributed by atoms with Crippen molar-refractivity contribution in [2.75, 3.05) is 0 Å². The standard InChI is InChI=1S/C14H11FN2OS/c1-9-4-5-19-13(9)14(18)17-8-11-3-2-10(7-16)6-12(11)15/h2-6H,8H2,1H3,(H,17,18). The fraction of sp³-hybridized carbons (Fsp3) is 0.143. The minimum atomic E-state index is -0.484. The predicted octanol–water partition coefficient (Wildman–Crippen LogP) is 3.00. The minimum absolute atomic E-state index is 0.105. The molecule has 3 nitrogen and oxygen atoms in total. The zero-order valence-electron chi connectivity index (χ0n) is 10.2.